The molecule has 3 aromatic carbocycles. The minimum atomic E-state index is -1.37. The maximum Gasteiger partial charge on any atom is 0.204 e. The molecule has 33 heavy (non-hydrogen) atoms. The molecule has 1 saturated heterocycles. The summed E-state index contributed by atoms with van der Waals surface area (Å²) in [6, 6.07) is 29.4. The van der Waals surface area contributed by atoms with Gasteiger partial charge in [-0.25, -0.2) is 0 Å². The van der Waals surface area contributed by atoms with E-state index in [-0.39, 0.29) is 6.61 Å². The predicted molar refractivity (Wildman–Crippen MR) is 127 cm³/mol. The summed E-state index contributed by atoms with van der Waals surface area (Å²) in [6.07, 6.45) is -2.38. The molecule has 1 fully saturated rings. The number of rotatable bonds is 8. The van der Waals surface area contributed by atoms with Crippen LogP contribution in [0.15, 0.2) is 91.0 Å². The van der Waals surface area contributed by atoms with Gasteiger partial charge in [-0.3, -0.25) is 0 Å². The van der Waals surface area contributed by atoms with Crippen molar-refractivity contribution in [1.82, 2.24) is 0 Å². The van der Waals surface area contributed by atoms with Crippen molar-refractivity contribution in [2.75, 3.05) is 7.11 Å². The fraction of sp³-hybridized carbons (Fsp3) is 0.357. The molecule has 0 amide bonds. The smallest absolute Gasteiger partial charge is 0.204 e. The lowest BCUT2D eigenvalue weighted by molar-refractivity contribution is -0.401. The Morgan fingerprint density at radius 2 is 1.24 bits per heavy atom. The first-order valence-electron chi connectivity index (χ1n) is 11.3. The second-order valence-electron chi connectivity index (χ2n) is 8.70. The fourth-order valence-corrected chi connectivity index (χ4v) is 4.75. The van der Waals surface area contributed by atoms with Crippen LogP contribution in [0.4, 0.5) is 0 Å². The molecule has 0 bridgehead atoms. The maximum atomic E-state index is 11.6. The third-order valence-electron chi connectivity index (χ3n) is 6.56. The number of hydrogen-bond donors (Lipinski definition) is 2. The molecule has 5 atom stereocenters. The van der Waals surface area contributed by atoms with Crippen molar-refractivity contribution in [2.24, 2.45) is 0 Å². The second-order valence-corrected chi connectivity index (χ2v) is 8.70. The summed E-state index contributed by atoms with van der Waals surface area (Å²) in [5.41, 5.74) is 1.51. The molecule has 1 aliphatic rings. The molecular formula is C28H32O5. The van der Waals surface area contributed by atoms with Gasteiger partial charge in [0, 0.05) is 20.0 Å². The maximum absolute atomic E-state index is 11.6. The normalized spacial score (nSPS) is 29.6. The SMILES string of the molecule is CO[C@]1(Cc2ccccc2)O[C@@H](C)[C@@H](O)[C@@H](O)[C@]1(Cc1ccccc1)OCc1ccccc1. The van der Waals surface area contributed by atoms with Crippen LogP contribution >= 0.6 is 0 Å². The minimum Gasteiger partial charge on any atom is -0.388 e. The van der Waals surface area contributed by atoms with Crippen molar-refractivity contribution in [3.8, 4) is 0 Å². The van der Waals surface area contributed by atoms with Crippen molar-refractivity contribution in [3.05, 3.63) is 108 Å². The Bertz CT molecular complexity index is 997. The highest BCUT2D eigenvalue weighted by Gasteiger charge is 2.65. The van der Waals surface area contributed by atoms with E-state index in [2.05, 4.69) is 0 Å². The molecule has 5 heteroatoms. The summed E-state index contributed by atoms with van der Waals surface area (Å²) >= 11 is 0. The number of methoxy groups -OCH3 is 1. The Kier molecular flexibility index (Phi) is 7.27. The quantitative estimate of drug-likeness (QED) is 0.547. The summed E-state index contributed by atoms with van der Waals surface area (Å²) in [6.45, 7) is 1.98. The third-order valence-corrected chi connectivity index (χ3v) is 6.56. The van der Waals surface area contributed by atoms with E-state index < -0.39 is 29.7 Å². The Labute approximate surface area is 195 Å². The Balaban J connectivity index is 1.82. The molecule has 5 nitrogen and oxygen atoms in total. The number of hydrogen-bond acceptors (Lipinski definition) is 5. The molecule has 174 valence electrons. The lowest BCUT2D eigenvalue weighted by Crippen LogP contribution is -2.75. The van der Waals surface area contributed by atoms with Crippen LogP contribution in [0.25, 0.3) is 0 Å². The van der Waals surface area contributed by atoms with Gasteiger partial charge < -0.3 is 24.4 Å². The third kappa shape index (κ3) is 4.74. The fourth-order valence-electron chi connectivity index (χ4n) is 4.75. The van der Waals surface area contributed by atoms with Crippen LogP contribution < -0.4 is 0 Å². The van der Waals surface area contributed by atoms with Gasteiger partial charge >= 0.3 is 0 Å². The van der Waals surface area contributed by atoms with Crippen LogP contribution in [0.3, 0.4) is 0 Å². The van der Waals surface area contributed by atoms with E-state index in [0.717, 1.165) is 16.7 Å². The van der Waals surface area contributed by atoms with Crippen molar-refractivity contribution >= 4 is 0 Å². The lowest BCUT2D eigenvalue weighted by Gasteiger charge is -2.57. The first-order chi connectivity index (χ1) is 16.0. The van der Waals surface area contributed by atoms with E-state index in [4.69, 9.17) is 14.2 Å². The van der Waals surface area contributed by atoms with E-state index in [9.17, 15) is 10.2 Å². The van der Waals surface area contributed by atoms with Gasteiger partial charge in [0.1, 0.15) is 12.2 Å². The lowest BCUT2D eigenvalue weighted by atomic mass is 9.73. The van der Waals surface area contributed by atoms with Gasteiger partial charge in [-0.1, -0.05) is 91.0 Å². The first-order valence-corrected chi connectivity index (χ1v) is 11.3. The van der Waals surface area contributed by atoms with Gasteiger partial charge in [-0.05, 0) is 23.6 Å². The van der Waals surface area contributed by atoms with Crippen molar-refractivity contribution in [1.29, 1.82) is 0 Å². The zero-order valence-corrected chi connectivity index (χ0v) is 19.1. The zero-order chi connectivity index (χ0) is 23.3. The van der Waals surface area contributed by atoms with E-state index in [1.165, 1.54) is 0 Å². The topological polar surface area (TPSA) is 68.2 Å². The van der Waals surface area contributed by atoms with Crippen LogP contribution in [0, 0.1) is 0 Å². The van der Waals surface area contributed by atoms with E-state index >= 15 is 0 Å². The van der Waals surface area contributed by atoms with Crippen LogP contribution in [-0.4, -0.2) is 47.0 Å². The molecule has 2 N–H and O–H groups in total. The molecule has 3 aromatic rings. The largest absolute Gasteiger partial charge is 0.388 e. The monoisotopic (exact) mass is 448 g/mol. The highest BCUT2D eigenvalue weighted by molar-refractivity contribution is 5.26. The number of ether oxygens (including phenoxy) is 3. The van der Waals surface area contributed by atoms with Crippen LogP contribution in [-0.2, 0) is 33.7 Å². The molecule has 4 rings (SSSR count). The molecule has 1 heterocycles. The second kappa shape index (κ2) is 10.2. The minimum absolute atomic E-state index is 0.231. The van der Waals surface area contributed by atoms with Crippen LogP contribution in [0.5, 0.6) is 0 Å². The summed E-state index contributed by atoms with van der Waals surface area (Å²) in [4.78, 5) is 0. The first kappa shape index (κ1) is 23.6. The van der Waals surface area contributed by atoms with E-state index in [1.807, 2.05) is 91.0 Å². The van der Waals surface area contributed by atoms with Crippen LogP contribution in [0.1, 0.15) is 23.6 Å². The van der Waals surface area contributed by atoms with Gasteiger partial charge in [0.25, 0.3) is 0 Å². The van der Waals surface area contributed by atoms with E-state index in [0.29, 0.717) is 12.8 Å². The molecule has 0 saturated carbocycles. The Morgan fingerprint density at radius 3 is 1.76 bits per heavy atom. The summed E-state index contributed by atoms with van der Waals surface area (Å²) in [7, 11) is 1.58. The van der Waals surface area contributed by atoms with Crippen molar-refractivity contribution in [2.45, 2.75) is 56.1 Å². The molecule has 0 aliphatic carbocycles. The predicted octanol–water partition coefficient (Wildman–Crippen LogP) is 3.91. The highest BCUT2D eigenvalue weighted by atomic mass is 16.7. The Hall–Kier alpha value is -2.54. The molecule has 0 spiro atoms. The van der Waals surface area contributed by atoms with Gasteiger partial charge in [0.05, 0.1) is 12.7 Å². The molecule has 0 unspecified atom stereocenters. The summed E-state index contributed by atoms with van der Waals surface area (Å²) in [5.74, 6) is -1.34. The van der Waals surface area contributed by atoms with E-state index in [1.54, 1.807) is 14.0 Å². The number of aliphatic hydroxyl groups is 2. The molecule has 0 aromatic heterocycles. The number of aliphatic hydroxyl groups excluding tert-OH is 2. The number of benzene rings is 3. The average Bonchev–Trinajstić information content (AvgIpc) is 2.86. The average molecular weight is 449 g/mol. The van der Waals surface area contributed by atoms with Crippen molar-refractivity contribution < 1.29 is 24.4 Å². The van der Waals surface area contributed by atoms with Gasteiger partial charge in [0.15, 0.2) is 5.60 Å². The molecular weight excluding hydrogens is 416 g/mol. The van der Waals surface area contributed by atoms with Crippen LogP contribution in [0.2, 0.25) is 0 Å². The summed E-state index contributed by atoms with van der Waals surface area (Å²) < 4.78 is 19.2. The summed E-state index contributed by atoms with van der Waals surface area (Å²) in [5, 5.41) is 22.5. The molecule has 0 radical (unpaired) electrons. The zero-order valence-electron chi connectivity index (χ0n) is 19.1. The van der Waals surface area contributed by atoms with Crippen molar-refractivity contribution in [3.63, 3.8) is 0 Å². The standard InChI is InChI=1S/C28H32O5/c1-21-25(29)26(30)27(18-22-12-6-3-7-13-22,32-20-24-16-10-5-11-17-24)28(31-2,33-21)19-23-14-8-4-9-15-23/h3-17,21,25-26,29-30H,18-20H2,1-2H3/t21-,25+,26+,27-,28+/m0/s1. The van der Waals surface area contributed by atoms with Gasteiger partial charge in [0.2, 0.25) is 5.79 Å². The van der Waals surface area contributed by atoms with Gasteiger partial charge in [-0.2, -0.15) is 0 Å². The van der Waals surface area contributed by atoms with Gasteiger partial charge in [-0.15, -0.1) is 0 Å². The molecule has 1 aliphatic heterocycles. The Morgan fingerprint density at radius 1 is 0.758 bits per heavy atom. The highest BCUT2D eigenvalue weighted by Crippen LogP contribution is 2.46.